The Kier molecular flexibility index (Phi) is 4.96. The Morgan fingerprint density at radius 1 is 1.12 bits per heavy atom. The predicted octanol–water partition coefficient (Wildman–Crippen LogP) is -0.109. The maximum Gasteiger partial charge on any atom is 0.253 e. The highest BCUT2D eigenvalue weighted by atomic mass is 16.3. The Bertz CT molecular complexity index is 640. The molecule has 25 heavy (non-hydrogen) atoms. The monoisotopic (exact) mass is 346 g/mol. The van der Waals surface area contributed by atoms with E-state index < -0.39 is 11.5 Å². The minimum Gasteiger partial charge on any atom is -0.378 e. The van der Waals surface area contributed by atoms with Gasteiger partial charge in [-0.3, -0.25) is 9.59 Å². The molecule has 1 unspecified atom stereocenters. The molecule has 0 radical (unpaired) electrons. The maximum absolute atomic E-state index is 12.6. The molecule has 3 N–H and O–H groups in total. The molecule has 1 aromatic carbocycles. The SMILES string of the molecule is CCN1CCN(c2ccc(C(=O)N3CCC(O)(C(N)=O)C3)cc2)CC1. The van der Waals surface area contributed by atoms with Gasteiger partial charge in [0.05, 0.1) is 6.54 Å². The zero-order valence-corrected chi connectivity index (χ0v) is 14.6. The Balaban J connectivity index is 1.63. The molecular weight excluding hydrogens is 320 g/mol. The molecule has 2 aliphatic heterocycles. The third-order valence-corrected chi connectivity index (χ3v) is 5.29. The van der Waals surface area contributed by atoms with Gasteiger partial charge in [0, 0.05) is 50.4 Å². The van der Waals surface area contributed by atoms with E-state index in [9.17, 15) is 14.7 Å². The van der Waals surface area contributed by atoms with Gasteiger partial charge in [-0.1, -0.05) is 6.92 Å². The van der Waals surface area contributed by atoms with Gasteiger partial charge < -0.3 is 25.5 Å². The van der Waals surface area contributed by atoms with Crippen LogP contribution in [0.2, 0.25) is 0 Å². The Morgan fingerprint density at radius 3 is 2.28 bits per heavy atom. The molecule has 2 heterocycles. The summed E-state index contributed by atoms with van der Waals surface area (Å²) < 4.78 is 0. The molecular formula is C18H26N4O3. The van der Waals surface area contributed by atoms with Crippen molar-refractivity contribution in [3.8, 4) is 0 Å². The number of anilines is 1. The highest BCUT2D eigenvalue weighted by molar-refractivity contribution is 5.96. The first-order valence-electron chi connectivity index (χ1n) is 8.82. The molecule has 7 nitrogen and oxygen atoms in total. The van der Waals surface area contributed by atoms with Crippen LogP contribution in [0.3, 0.4) is 0 Å². The number of likely N-dealkylation sites (N-methyl/N-ethyl adjacent to an activating group) is 1. The van der Waals surface area contributed by atoms with Crippen LogP contribution in [0, 0.1) is 0 Å². The van der Waals surface area contributed by atoms with E-state index in [4.69, 9.17) is 5.73 Å². The van der Waals surface area contributed by atoms with Crippen LogP contribution in [0.25, 0.3) is 0 Å². The van der Waals surface area contributed by atoms with Crippen LogP contribution < -0.4 is 10.6 Å². The zero-order chi connectivity index (χ0) is 18.0. The summed E-state index contributed by atoms with van der Waals surface area (Å²) in [7, 11) is 0. The number of likely N-dealkylation sites (tertiary alicyclic amines) is 1. The average molecular weight is 346 g/mol. The number of hydrogen-bond donors (Lipinski definition) is 2. The van der Waals surface area contributed by atoms with E-state index in [0.29, 0.717) is 12.1 Å². The first-order chi connectivity index (χ1) is 11.9. The zero-order valence-electron chi connectivity index (χ0n) is 14.6. The molecule has 2 saturated heterocycles. The predicted molar refractivity (Wildman–Crippen MR) is 95.4 cm³/mol. The van der Waals surface area contributed by atoms with Crippen molar-refractivity contribution in [3.63, 3.8) is 0 Å². The lowest BCUT2D eigenvalue weighted by molar-refractivity contribution is -0.134. The molecule has 2 amide bonds. The van der Waals surface area contributed by atoms with Crippen molar-refractivity contribution in [2.24, 2.45) is 5.73 Å². The number of aliphatic hydroxyl groups is 1. The lowest BCUT2D eigenvalue weighted by Gasteiger charge is -2.35. The van der Waals surface area contributed by atoms with Gasteiger partial charge >= 0.3 is 0 Å². The van der Waals surface area contributed by atoms with Crippen LogP contribution in [-0.2, 0) is 4.79 Å². The molecule has 0 spiro atoms. The lowest BCUT2D eigenvalue weighted by Crippen LogP contribution is -2.46. The van der Waals surface area contributed by atoms with Crippen molar-refractivity contribution in [1.82, 2.24) is 9.80 Å². The number of carbonyl (C=O) groups is 2. The van der Waals surface area contributed by atoms with E-state index in [2.05, 4.69) is 16.7 Å². The third kappa shape index (κ3) is 3.62. The van der Waals surface area contributed by atoms with Gasteiger partial charge in [-0.15, -0.1) is 0 Å². The molecule has 3 rings (SSSR count). The standard InChI is InChI=1S/C18H26N4O3/c1-2-20-9-11-21(12-10-20)15-5-3-14(4-6-15)16(23)22-8-7-18(25,13-22)17(19)24/h3-6,25H,2,7-13H2,1H3,(H2,19,24). The van der Waals surface area contributed by atoms with Gasteiger partial charge in [0.25, 0.3) is 11.8 Å². The van der Waals surface area contributed by atoms with E-state index >= 15 is 0 Å². The number of carbonyl (C=O) groups excluding carboxylic acids is 2. The van der Waals surface area contributed by atoms with Gasteiger partial charge in [-0.2, -0.15) is 0 Å². The molecule has 0 aromatic heterocycles. The van der Waals surface area contributed by atoms with Crippen molar-refractivity contribution >= 4 is 17.5 Å². The number of nitrogens with two attached hydrogens (primary N) is 1. The van der Waals surface area contributed by atoms with Crippen molar-refractivity contribution in [3.05, 3.63) is 29.8 Å². The Labute approximate surface area is 148 Å². The van der Waals surface area contributed by atoms with E-state index in [1.54, 1.807) is 0 Å². The van der Waals surface area contributed by atoms with E-state index in [0.717, 1.165) is 38.4 Å². The van der Waals surface area contributed by atoms with Crippen LogP contribution >= 0.6 is 0 Å². The largest absolute Gasteiger partial charge is 0.378 e. The quantitative estimate of drug-likeness (QED) is 0.794. The number of nitrogens with zero attached hydrogens (tertiary/aromatic N) is 3. The number of β-amino-alcohol motifs (C(OH)–C–C–N with tert-alkyl or cyclic N) is 1. The fourth-order valence-electron chi connectivity index (χ4n) is 3.49. The van der Waals surface area contributed by atoms with Gasteiger partial charge in [0.2, 0.25) is 0 Å². The smallest absolute Gasteiger partial charge is 0.253 e. The van der Waals surface area contributed by atoms with E-state index in [1.165, 1.54) is 4.90 Å². The van der Waals surface area contributed by atoms with Crippen LogP contribution in [0.1, 0.15) is 23.7 Å². The summed E-state index contributed by atoms with van der Waals surface area (Å²) >= 11 is 0. The fraction of sp³-hybridized carbons (Fsp3) is 0.556. The molecule has 1 aromatic rings. The summed E-state index contributed by atoms with van der Waals surface area (Å²) in [5.41, 5.74) is 5.29. The summed E-state index contributed by atoms with van der Waals surface area (Å²) in [6, 6.07) is 7.55. The first kappa shape index (κ1) is 17.7. The van der Waals surface area contributed by atoms with Gasteiger partial charge in [-0.25, -0.2) is 0 Å². The summed E-state index contributed by atoms with van der Waals surface area (Å²) in [4.78, 5) is 30.1. The number of hydrogen-bond acceptors (Lipinski definition) is 5. The molecule has 7 heteroatoms. The normalized spacial score (nSPS) is 24.6. The fourth-order valence-corrected chi connectivity index (χ4v) is 3.49. The second kappa shape index (κ2) is 7.01. The van der Waals surface area contributed by atoms with Crippen LogP contribution in [0.4, 0.5) is 5.69 Å². The molecule has 0 saturated carbocycles. The first-order valence-corrected chi connectivity index (χ1v) is 8.82. The second-order valence-corrected chi connectivity index (χ2v) is 6.84. The number of amides is 2. The van der Waals surface area contributed by atoms with Gasteiger partial charge in [-0.05, 0) is 30.8 Å². The van der Waals surface area contributed by atoms with Crippen LogP contribution in [0.15, 0.2) is 24.3 Å². The summed E-state index contributed by atoms with van der Waals surface area (Å²) in [5.74, 6) is -0.955. The number of benzene rings is 1. The Morgan fingerprint density at radius 2 is 1.76 bits per heavy atom. The Hall–Kier alpha value is -2.12. The summed E-state index contributed by atoms with van der Waals surface area (Å²) in [6.45, 7) is 7.62. The van der Waals surface area contributed by atoms with Crippen LogP contribution in [-0.4, -0.2) is 78.1 Å². The maximum atomic E-state index is 12.6. The summed E-state index contributed by atoms with van der Waals surface area (Å²) in [6.07, 6.45) is 0.188. The lowest BCUT2D eigenvalue weighted by atomic mass is 10.0. The van der Waals surface area contributed by atoms with E-state index in [-0.39, 0.29) is 18.9 Å². The highest BCUT2D eigenvalue weighted by Crippen LogP contribution is 2.24. The topological polar surface area (TPSA) is 90.1 Å². The third-order valence-electron chi connectivity index (χ3n) is 5.29. The highest BCUT2D eigenvalue weighted by Gasteiger charge is 2.43. The molecule has 136 valence electrons. The molecule has 0 bridgehead atoms. The average Bonchev–Trinajstić information content (AvgIpc) is 3.05. The molecule has 0 aliphatic carbocycles. The van der Waals surface area contributed by atoms with Crippen molar-refractivity contribution in [2.45, 2.75) is 18.9 Å². The van der Waals surface area contributed by atoms with Gasteiger partial charge in [0.1, 0.15) is 0 Å². The number of rotatable bonds is 4. The van der Waals surface area contributed by atoms with Gasteiger partial charge in [0.15, 0.2) is 5.60 Å². The number of piperazine rings is 1. The second-order valence-electron chi connectivity index (χ2n) is 6.84. The van der Waals surface area contributed by atoms with Crippen molar-refractivity contribution < 1.29 is 14.7 Å². The summed E-state index contributed by atoms with van der Waals surface area (Å²) in [5, 5.41) is 10.1. The minimum absolute atomic E-state index is 0.0398. The molecule has 1 atom stereocenters. The number of primary amides is 1. The van der Waals surface area contributed by atoms with E-state index in [1.807, 2.05) is 24.3 Å². The minimum atomic E-state index is -1.60. The van der Waals surface area contributed by atoms with Crippen molar-refractivity contribution in [2.75, 3.05) is 50.7 Å². The van der Waals surface area contributed by atoms with Crippen molar-refractivity contribution in [1.29, 1.82) is 0 Å². The molecule has 2 fully saturated rings. The van der Waals surface area contributed by atoms with Crippen LogP contribution in [0.5, 0.6) is 0 Å². The molecule has 2 aliphatic rings.